The molecule has 2 aromatic rings. The van der Waals surface area contributed by atoms with Crippen molar-refractivity contribution in [2.24, 2.45) is 0 Å². The van der Waals surface area contributed by atoms with Crippen molar-refractivity contribution < 1.29 is 8.78 Å². The van der Waals surface area contributed by atoms with Gasteiger partial charge in [-0.1, -0.05) is 6.07 Å². The molecule has 0 radical (unpaired) electrons. The van der Waals surface area contributed by atoms with E-state index in [0.29, 0.717) is 0 Å². The van der Waals surface area contributed by atoms with Crippen LogP contribution in [-0.4, -0.2) is 9.97 Å². The molecule has 0 aliphatic heterocycles. The SMILES string of the molecule is Fc1ccccn1.Fc1cccnc1. The lowest BCUT2D eigenvalue weighted by atomic mass is 10.5. The highest BCUT2D eigenvalue weighted by Crippen LogP contribution is 1.88. The summed E-state index contributed by atoms with van der Waals surface area (Å²) >= 11 is 0. The molecule has 0 atom stereocenters. The fraction of sp³-hybridized carbons (Fsp3) is 0. The average molecular weight is 194 g/mol. The third-order valence-electron chi connectivity index (χ3n) is 1.25. The highest BCUT2D eigenvalue weighted by atomic mass is 19.1. The third kappa shape index (κ3) is 4.25. The zero-order valence-electron chi connectivity index (χ0n) is 7.27. The summed E-state index contributed by atoms with van der Waals surface area (Å²) in [5.41, 5.74) is 0. The molecule has 0 saturated heterocycles. The maximum absolute atomic E-state index is 11.8. The summed E-state index contributed by atoms with van der Waals surface area (Å²) in [6, 6.07) is 7.48. The molecule has 2 aromatic heterocycles. The van der Waals surface area contributed by atoms with Gasteiger partial charge in [-0.25, -0.2) is 9.37 Å². The van der Waals surface area contributed by atoms with E-state index in [-0.39, 0.29) is 5.82 Å². The van der Waals surface area contributed by atoms with Gasteiger partial charge < -0.3 is 0 Å². The molecule has 2 nitrogen and oxygen atoms in total. The van der Waals surface area contributed by atoms with Gasteiger partial charge in [0, 0.05) is 12.4 Å². The van der Waals surface area contributed by atoms with Crippen LogP contribution in [0.4, 0.5) is 8.78 Å². The summed E-state index contributed by atoms with van der Waals surface area (Å²) in [7, 11) is 0. The molecule has 0 bridgehead atoms. The predicted octanol–water partition coefficient (Wildman–Crippen LogP) is 2.44. The van der Waals surface area contributed by atoms with Crippen molar-refractivity contribution in [1.82, 2.24) is 9.97 Å². The van der Waals surface area contributed by atoms with Gasteiger partial charge in [0.1, 0.15) is 5.82 Å². The highest BCUT2D eigenvalue weighted by molar-refractivity contribution is 4.92. The Morgan fingerprint density at radius 3 is 2.07 bits per heavy atom. The zero-order chi connectivity index (χ0) is 10.2. The monoisotopic (exact) mass is 194 g/mol. The van der Waals surface area contributed by atoms with Gasteiger partial charge >= 0.3 is 0 Å². The van der Waals surface area contributed by atoms with Crippen molar-refractivity contribution in [3.63, 3.8) is 0 Å². The molecular weight excluding hydrogens is 186 g/mol. The van der Waals surface area contributed by atoms with Crippen molar-refractivity contribution in [1.29, 1.82) is 0 Å². The molecule has 2 heterocycles. The van der Waals surface area contributed by atoms with E-state index in [1.807, 2.05) is 0 Å². The molecule has 0 amide bonds. The predicted molar refractivity (Wildman–Crippen MR) is 48.4 cm³/mol. The number of halogens is 2. The van der Waals surface area contributed by atoms with E-state index in [0.717, 1.165) is 0 Å². The number of nitrogens with zero attached hydrogens (tertiary/aromatic N) is 2. The summed E-state index contributed by atoms with van der Waals surface area (Å²) < 4.78 is 23.6. The number of rotatable bonds is 0. The van der Waals surface area contributed by atoms with Crippen LogP contribution in [-0.2, 0) is 0 Å². The Hall–Kier alpha value is -1.84. The van der Waals surface area contributed by atoms with Crippen LogP contribution in [0.3, 0.4) is 0 Å². The normalized spacial score (nSPS) is 8.71. The van der Waals surface area contributed by atoms with Crippen molar-refractivity contribution in [3.05, 3.63) is 60.7 Å². The molecule has 0 saturated carbocycles. The molecule has 0 N–H and O–H groups in total. The van der Waals surface area contributed by atoms with Crippen molar-refractivity contribution >= 4 is 0 Å². The largest absolute Gasteiger partial charge is 0.262 e. The molecule has 14 heavy (non-hydrogen) atoms. The first kappa shape index (κ1) is 10.2. The first-order chi connectivity index (χ1) is 6.79. The minimum absolute atomic E-state index is 0.289. The fourth-order valence-corrected chi connectivity index (χ4v) is 0.684. The van der Waals surface area contributed by atoms with Crippen molar-refractivity contribution in [2.75, 3.05) is 0 Å². The Morgan fingerprint density at radius 2 is 1.79 bits per heavy atom. The maximum atomic E-state index is 11.8. The van der Waals surface area contributed by atoms with Crippen LogP contribution >= 0.6 is 0 Å². The molecular formula is C10H8F2N2. The van der Waals surface area contributed by atoms with Crippen LogP contribution in [0.1, 0.15) is 0 Å². The zero-order valence-corrected chi connectivity index (χ0v) is 7.27. The summed E-state index contributed by atoms with van der Waals surface area (Å²) in [5, 5.41) is 0. The second kappa shape index (κ2) is 5.75. The Bertz CT molecular complexity index is 314. The molecule has 0 aliphatic rings. The van der Waals surface area contributed by atoms with Gasteiger partial charge in [0.2, 0.25) is 5.95 Å². The van der Waals surface area contributed by atoms with Crippen LogP contribution in [0.25, 0.3) is 0 Å². The van der Waals surface area contributed by atoms with E-state index in [4.69, 9.17) is 0 Å². The van der Waals surface area contributed by atoms with Gasteiger partial charge in [0.25, 0.3) is 0 Å². The number of aromatic nitrogens is 2. The lowest BCUT2D eigenvalue weighted by Gasteiger charge is -1.78. The van der Waals surface area contributed by atoms with E-state index in [1.54, 1.807) is 18.2 Å². The summed E-state index contributed by atoms with van der Waals surface area (Å²) in [5.74, 6) is -0.718. The summed E-state index contributed by atoms with van der Waals surface area (Å²) in [6.45, 7) is 0. The van der Waals surface area contributed by atoms with E-state index in [1.165, 1.54) is 30.7 Å². The minimum atomic E-state index is -0.428. The second-order valence-corrected chi connectivity index (χ2v) is 2.32. The number of hydrogen-bond acceptors (Lipinski definition) is 2. The van der Waals surface area contributed by atoms with E-state index in [9.17, 15) is 8.78 Å². The van der Waals surface area contributed by atoms with E-state index in [2.05, 4.69) is 9.97 Å². The smallest absolute Gasteiger partial charge is 0.212 e. The maximum Gasteiger partial charge on any atom is 0.212 e. The first-order valence-corrected chi connectivity index (χ1v) is 3.91. The van der Waals surface area contributed by atoms with Gasteiger partial charge in [0.15, 0.2) is 0 Å². The number of pyridine rings is 2. The topological polar surface area (TPSA) is 25.8 Å². The first-order valence-electron chi connectivity index (χ1n) is 3.91. The van der Waals surface area contributed by atoms with Crippen LogP contribution in [0.15, 0.2) is 48.9 Å². The molecule has 0 aromatic carbocycles. The average Bonchev–Trinajstić information content (AvgIpc) is 2.21. The standard InChI is InChI=1S/2C5H4FN/c6-5-2-1-3-7-4-5;6-5-3-1-2-4-7-5/h2*1-4H. The number of hydrogen-bond donors (Lipinski definition) is 0. The summed E-state index contributed by atoms with van der Waals surface area (Å²) in [4.78, 5) is 6.82. The van der Waals surface area contributed by atoms with Crippen LogP contribution in [0, 0.1) is 11.8 Å². The van der Waals surface area contributed by atoms with E-state index >= 15 is 0 Å². The summed E-state index contributed by atoms with van der Waals surface area (Å²) in [6.07, 6.45) is 4.11. The highest BCUT2D eigenvalue weighted by Gasteiger charge is 1.79. The quantitative estimate of drug-likeness (QED) is 0.602. The van der Waals surface area contributed by atoms with E-state index < -0.39 is 5.95 Å². The fourth-order valence-electron chi connectivity index (χ4n) is 0.684. The molecule has 0 unspecified atom stereocenters. The lowest BCUT2D eigenvalue weighted by molar-refractivity contribution is 0.584. The molecule has 4 heteroatoms. The third-order valence-corrected chi connectivity index (χ3v) is 1.25. The Morgan fingerprint density at radius 1 is 0.929 bits per heavy atom. The molecule has 0 fully saturated rings. The minimum Gasteiger partial charge on any atom is -0.262 e. The molecule has 0 aliphatic carbocycles. The van der Waals surface area contributed by atoms with Crippen LogP contribution < -0.4 is 0 Å². The molecule has 72 valence electrons. The van der Waals surface area contributed by atoms with Crippen molar-refractivity contribution in [2.45, 2.75) is 0 Å². The molecule has 0 spiro atoms. The van der Waals surface area contributed by atoms with Gasteiger partial charge in [-0.3, -0.25) is 4.98 Å². The van der Waals surface area contributed by atoms with Gasteiger partial charge in [0.05, 0.1) is 6.20 Å². The second-order valence-electron chi connectivity index (χ2n) is 2.32. The Balaban J connectivity index is 0.000000140. The van der Waals surface area contributed by atoms with Gasteiger partial charge in [-0.2, -0.15) is 4.39 Å². The Kier molecular flexibility index (Phi) is 4.20. The van der Waals surface area contributed by atoms with Gasteiger partial charge in [-0.05, 0) is 24.3 Å². The Labute approximate surface area is 80.3 Å². The molecule has 2 rings (SSSR count). The lowest BCUT2D eigenvalue weighted by Crippen LogP contribution is -1.73. The van der Waals surface area contributed by atoms with Crippen molar-refractivity contribution in [3.8, 4) is 0 Å². The van der Waals surface area contributed by atoms with Crippen LogP contribution in [0.2, 0.25) is 0 Å². The van der Waals surface area contributed by atoms with Gasteiger partial charge in [-0.15, -0.1) is 0 Å². The van der Waals surface area contributed by atoms with Crippen LogP contribution in [0.5, 0.6) is 0 Å².